The third-order valence-corrected chi connectivity index (χ3v) is 5.08. The summed E-state index contributed by atoms with van der Waals surface area (Å²) in [7, 11) is 0. The average Bonchev–Trinajstić information content (AvgIpc) is 3.53. The van der Waals surface area contributed by atoms with Crippen LogP contribution < -0.4 is 15.8 Å². The zero-order valence-corrected chi connectivity index (χ0v) is 18.6. The molecule has 0 aliphatic carbocycles. The summed E-state index contributed by atoms with van der Waals surface area (Å²) in [4.78, 5) is 11.7. The highest BCUT2D eigenvalue weighted by Crippen LogP contribution is 2.26. The van der Waals surface area contributed by atoms with Crippen molar-refractivity contribution in [3.8, 4) is 5.75 Å². The standard InChI is InChI=1S/C14H16N2O6.C7H12N2O4/c17-7-14(8-18,9-19)11-6-12(16-22-11)15-13(20)21-10-4-2-1-3-5-10;8-6-1-5(13-9-6)7(2-10,3-11)4-12/h1-6,17-19H,7-9H2,(H,15,16,20);1,10-12H,2-4H2,(H2,8,9). The normalized spacial score (nSPS) is 11.5. The number of carbonyl (C=O) groups is 1. The molecule has 0 aliphatic rings. The Bertz CT molecular complexity index is 1020. The lowest BCUT2D eigenvalue weighted by Gasteiger charge is -2.23. The molecule has 0 aliphatic heterocycles. The minimum absolute atomic E-state index is 0.0376. The smallest absolute Gasteiger partial charge is 0.410 e. The Morgan fingerprint density at radius 3 is 1.77 bits per heavy atom. The molecular weight excluding hydrogens is 468 g/mol. The first-order valence-electron chi connectivity index (χ1n) is 10.2. The van der Waals surface area contributed by atoms with Gasteiger partial charge in [-0.25, -0.2) is 4.79 Å². The number of aromatic nitrogens is 2. The largest absolute Gasteiger partial charge is 0.418 e. The van der Waals surface area contributed by atoms with Crippen molar-refractivity contribution in [2.24, 2.45) is 0 Å². The fourth-order valence-corrected chi connectivity index (χ4v) is 2.62. The van der Waals surface area contributed by atoms with E-state index < -0.39 is 56.6 Å². The van der Waals surface area contributed by atoms with Gasteiger partial charge < -0.3 is 50.2 Å². The first-order chi connectivity index (χ1) is 16.8. The van der Waals surface area contributed by atoms with Crippen molar-refractivity contribution in [3.05, 3.63) is 54.0 Å². The van der Waals surface area contributed by atoms with Gasteiger partial charge in [-0.15, -0.1) is 0 Å². The van der Waals surface area contributed by atoms with Crippen LogP contribution in [-0.4, -0.2) is 86.7 Å². The van der Waals surface area contributed by atoms with E-state index in [1.165, 1.54) is 12.1 Å². The summed E-state index contributed by atoms with van der Waals surface area (Å²) in [5, 5.41) is 64.2. The number of ether oxygens (including phenoxy) is 1. The van der Waals surface area contributed by atoms with Gasteiger partial charge in [0.2, 0.25) is 0 Å². The second-order valence-electron chi connectivity index (χ2n) is 7.53. The molecule has 1 amide bonds. The van der Waals surface area contributed by atoms with Gasteiger partial charge in [-0.1, -0.05) is 28.5 Å². The quantitative estimate of drug-likeness (QED) is 0.168. The Morgan fingerprint density at radius 2 is 1.31 bits per heavy atom. The Balaban J connectivity index is 0.000000283. The zero-order valence-electron chi connectivity index (χ0n) is 18.6. The van der Waals surface area contributed by atoms with Crippen molar-refractivity contribution in [1.82, 2.24) is 10.3 Å². The molecule has 2 aromatic heterocycles. The Kier molecular flexibility index (Phi) is 10.1. The van der Waals surface area contributed by atoms with Crippen LogP contribution in [0.1, 0.15) is 11.5 Å². The lowest BCUT2D eigenvalue weighted by Crippen LogP contribution is -2.38. The number of carbonyl (C=O) groups excluding carboxylic acids is 1. The monoisotopic (exact) mass is 496 g/mol. The molecule has 14 nitrogen and oxygen atoms in total. The highest BCUT2D eigenvalue weighted by molar-refractivity contribution is 5.85. The van der Waals surface area contributed by atoms with Gasteiger partial charge in [-0.2, -0.15) is 0 Å². The molecule has 0 saturated carbocycles. The molecule has 1 aromatic carbocycles. The van der Waals surface area contributed by atoms with Gasteiger partial charge in [0.15, 0.2) is 23.2 Å². The predicted octanol–water partition coefficient (Wildman–Crippen LogP) is -1.03. The number of nitrogens with zero attached hydrogens (tertiary/aromatic N) is 2. The molecule has 14 heteroatoms. The minimum Gasteiger partial charge on any atom is -0.410 e. The Morgan fingerprint density at radius 1 is 0.829 bits per heavy atom. The third-order valence-electron chi connectivity index (χ3n) is 5.08. The van der Waals surface area contributed by atoms with E-state index in [4.69, 9.17) is 34.8 Å². The molecule has 2 heterocycles. The summed E-state index contributed by atoms with van der Waals surface area (Å²) in [6, 6.07) is 11.1. The molecule has 0 unspecified atom stereocenters. The molecule has 0 fully saturated rings. The van der Waals surface area contributed by atoms with E-state index in [0.29, 0.717) is 5.75 Å². The SMILES string of the molecule is Nc1cc(C(CO)(CO)CO)on1.O=C(Nc1cc(C(CO)(CO)CO)on1)Oc1ccccc1. The number of nitrogen functional groups attached to an aromatic ring is 1. The molecule has 0 radical (unpaired) electrons. The molecule has 0 atom stereocenters. The maximum atomic E-state index is 11.7. The number of amides is 1. The topological polar surface area (TPSA) is 238 Å². The highest BCUT2D eigenvalue weighted by Gasteiger charge is 2.36. The highest BCUT2D eigenvalue weighted by atomic mass is 16.6. The summed E-state index contributed by atoms with van der Waals surface area (Å²) in [6.45, 7) is -2.92. The lowest BCUT2D eigenvalue weighted by molar-refractivity contribution is 0.0451. The number of nitrogens with one attached hydrogen (secondary N) is 1. The number of aliphatic hydroxyl groups excluding tert-OH is 6. The molecular formula is C21H28N4O10. The number of hydrogen-bond donors (Lipinski definition) is 8. The van der Waals surface area contributed by atoms with Crippen molar-refractivity contribution < 1.29 is 49.2 Å². The van der Waals surface area contributed by atoms with E-state index in [9.17, 15) is 20.1 Å². The zero-order chi connectivity index (χ0) is 25.9. The summed E-state index contributed by atoms with van der Waals surface area (Å²) in [6.07, 6.45) is -0.770. The summed E-state index contributed by atoms with van der Waals surface area (Å²) >= 11 is 0. The van der Waals surface area contributed by atoms with E-state index in [0.717, 1.165) is 0 Å². The van der Waals surface area contributed by atoms with E-state index >= 15 is 0 Å². The van der Waals surface area contributed by atoms with E-state index in [1.807, 2.05) is 0 Å². The number of rotatable bonds is 10. The number of nitrogens with two attached hydrogens (primary N) is 1. The maximum absolute atomic E-state index is 11.7. The fourth-order valence-electron chi connectivity index (χ4n) is 2.62. The number of anilines is 2. The van der Waals surface area contributed by atoms with Gasteiger partial charge in [0, 0.05) is 12.1 Å². The second kappa shape index (κ2) is 12.8. The van der Waals surface area contributed by atoms with Crippen LogP contribution in [0.5, 0.6) is 5.75 Å². The number of hydrogen-bond acceptors (Lipinski definition) is 13. The van der Waals surface area contributed by atoms with E-state index in [-0.39, 0.29) is 23.2 Å². The Labute approximate surface area is 199 Å². The maximum Gasteiger partial charge on any atom is 0.418 e. The first-order valence-corrected chi connectivity index (χ1v) is 10.2. The minimum atomic E-state index is -1.36. The molecule has 0 bridgehead atoms. The molecule has 9 N–H and O–H groups in total. The molecule has 0 spiro atoms. The van der Waals surface area contributed by atoms with Gasteiger partial charge in [0.1, 0.15) is 16.6 Å². The van der Waals surface area contributed by atoms with Crippen molar-refractivity contribution in [2.75, 3.05) is 50.7 Å². The van der Waals surface area contributed by atoms with Crippen LogP contribution in [0.3, 0.4) is 0 Å². The van der Waals surface area contributed by atoms with Crippen LogP contribution in [0.2, 0.25) is 0 Å². The summed E-state index contributed by atoms with van der Waals surface area (Å²) < 4.78 is 14.7. The van der Waals surface area contributed by atoms with Crippen molar-refractivity contribution in [1.29, 1.82) is 0 Å². The van der Waals surface area contributed by atoms with Gasteiger partial charge >= 0.3 is 6.09 Å². The molecule has 3 aromatic rings. The van der Waals surface area contributed by atoms with Crippen LogP contribution in [0.15, 0.2) is 51.5 Å². The fraction of sp³-hybridized carbons (Fsp3) is 0.381. The van der Waals surface area contributed by atoms with Crippen LogP contribution in [-0.2, 0) is 10.8 Å². The number of aliphatic hydroxyl groups is 6. The van der Waals surface area contributed by atoms with Crippen LogP contribution >= 0.6 is 0 Å². The first kappa shape index (κ1) is 27.7. The van der Waals surface area contributed by atoms with Crippen LogP contribution in [0.4, 0.5) is 16.4 Å². The number of para-hydroxylation sites is 1. The van der Waals surface area contributed by atoms with E-state index in [1.54, 1.807) is 30.3 Å². The molecule has 192 valence electrons. The second-order valence-corrected chi connectivity index (χ2v) is 7.53. The molecule has 35 heavy (non-hydrogen) atoms. The van der Waals surface area contributed by atoms with Gasteiger partial charge in [0.25, 0.3) is 0 Å². The summed E-state index contributed by atoms with van der Waals surface area (Å²) in [5.41, 5.74) is 2.72. The Hall–Kier alpha value is -3.53. The van der Waals surface area contributed by atoms with Gasteiger partial charge in [-0.05, 0) is 12.1 Å². The molecule has 0 saturated heterocycles. The van der Waals surface area contributed by atoms with Crippen LogP contribution in [0, 0.1) is 0 Å². The van der Waals surface area contributed by atoms with E-state index in [2.05, 4.69) is 15.6 Å². The average molecular weight is 496 g/mol. The predicted molar refractivity (Wildman–Crippen MR) is 119 cm³/mol. The lowest BCUT2D eigenvalue weighted by atomic mass is 9.88. The number of benzene rings is 1. The molecule has 3 rings (SSSR count). The van der Waals surface area contributed by atoms with Crippen molar-refractivity contribution >= 4 is 17.7 Å². The third kappa shape index (κ3) is 6.75. The van der Waals surface area contributed by atoms with Gasteiger partial charge in [0.05, 0.1) is 39.6 Å². The van der Waals surface area contributed by atoms with Crippen molar-refractivity contribution in [3.63, 3.8) is 0 Å². The van der Waals surface area contributed by atoms with Crippen LogP contribution in [0.25, 0.3) is 0 Å². The van der Waals surface area contributed by atoms with Crippen molar-refractivity contribution in [2.45, 2.75) is 10.8 Å². The summed E-state index contributed by atoms with van der Waals surface area (Å²) in [5.74, 6) is 0.775. The van der Waals surface area contributed by atoms with Gasteiger partial charge in [-0.3, -0.25) is 5.32 Å².